The predicted molar refractivity (Wildman–Crippen MR) is 55.9 cm³/mol. The third-order valence-electron chi connectivity index (χ3n) is 1.97. The zero-order valence-corrected chi connectivity index (χ0v) is 9.37. The maximum Gasteiger partial charge on any atom is 0.390 e. The van der Waals surface area contributed by atoms with Crippen molar-refractivity contribution in [1.82, 2.24) is 4.90 Å². The monoisotopic (exact) mass is 229 g/mol. The molecule has 0 aliphatic carbocycles. The molecular weight excluding hydrogens is 211 g/mol. The van der Waals surface area contributed by atoms with Crippen LogP contribution in [0.3, 0.4) is 0 Å². The number of hydrogen-bond acceptors (Lipinski definition) is 2. The highest BCUT2D eigenvalue weighted by molar-refractivity contribution is 7.80. The van der Waals surface area contributed by atoms with Crippen LogP contribution in [0.25, 0.3) is 0 Å². The molecule has 0 aliphatic heterocycles. The number of nitrogens with zero attached hydrogens (tertiary/aromatic N) is 1. The molecule has 0 aromatic carbocycles. The van der Waals surface area contributed by atoms with Crippen molar-refractivity contribution in [1.29, 1.82) is 0 Å². The summed E-state index contributed by atoms with van der Waals surface area (Å²) in [7, 11) is 1.73. The van der Waals surface area contributed by atoms with Gasteiger partial charge in [-0.2, -0.15) is 25.8 Å². The van der Waals surface area contributed by atoms with Gasteiger partial charge >= 0.3 is 6.18 Å². The lowest BCUT2D eigenvalue weighted by Gasteiger charge is -2.17. The second-order valence-electron chi connectivity index (χ2n) is 3.45. The molecule has 0 aromatic rings. The van der Waals surface area contributed by atoms with E-state index in [1.165, 1.54) is 0 Å². The smallest absolute Gasteiger partial charge is 0.306 e. The van der Waals surface area contributed by atoms with Gasteiger partial charge in [-0.25, -0.2) is 0 Å². The summed E-state index contributed by atoms with van der Waals surface area (Å²) in [4.78, 5) is 1.73. The number of thiol groups is 1. The van der Waals surface area contributed by atoms with Crippen LogP contribution in [0, 0.1) is 0 Å². The number of halogens is 3. The van der Waals surface area contributed by atoms with Gasteiger partial charge in [0, 0.05) is 6.54 Å². The molecule has 0 radical (unpaired) electrons. The van der Waals surface area contributed by atoms with E-state index in [1.807, 2.05) is 0 Å². The predicted octanol–water partition coefficient (Wildman–Crippen LogP) is 2.97. The third-order valence-corrected chi connectivity index (χ3v) is 2.29. The molecular formula is C9H18F3NS. The van der Waals surface area contributed by atoms with Gasteiger partial charge in [-0.3, -0.25) is 0 Å². The summed E-state index contributed by atoms with van der Waals surface area (Å²) >= 11 is 4.06. The molecule has 0 bridgehead atoms. The zero-order valence-electron chi connectivity index (χ0n) is 8.48. The molecule has 0 atom stereocenters. The SMILES string of the molecule is CN(CCCCCS)CCC(F)(F)F. The number of hydrogen-bond donors (Lipinski definition) is 1. The standard InChI is InChI=1S/C9H18F3NS/c1-13(6-3-2-4-8-14)7-5-9(10,11)12/h14H,2-8H2,1H3. The maximum absolute atomic E-state index is 11.8. The van der Waals surface area contributed by atoms with Crippen molar-refractivity contribution in [3.63, 3.8) is 0 Å². The highest BCUT2D eigenvalue weighted by Crippen LogP contribution is 2.19. The van der Waals surface area contributed by atoms with Gasteiger partial charge < -0.3 is 4.90 Å². The van der Waals surface area contributed by atoms with Gasteiger partial charge in [0.1, 0.15) is 0 Å². The first-order valence-electron chi connectivity index (χ1n) is 4.82. The van der Waals surface area contributed by atoms with Crippen molar-refractivity contribution in [2.45, 2.75) is 31.9 Å². The van der Waals surface area contributed by atoms with Crippen LogP contribution in [0.2, 0.25) is 0 Å². The van der Waals surface area contributed by atoms with E-state index < -0.39 is 12.6 Å². The first kappa shape index (κ1) is 14.1. The molecule has 0 amide bonds. The van der Waals surface area contributed by atoms with Gasteiger partial charge in [0.2, 0.25) is 0 Å². The fourth-order valence-corrected chi connectivity index (χ4v) is 1.32. The minimum atomic E-state index is -4.03. The second-order valence-corrected chi connectivity index (χ2v) is 3.90. The lowest BCUT2D eigenvalue weighted by Crippen LogP contribution is -2.25. The Labute approximate surface area is 89.1 Å². The maximum atomic E-state index is 11.8. The van der Waals surface area contributed by atoms with Crippen molar-refractivity contribution in [3.8, 4) is 0 Å². The Kier molecular flexibility index (Phi) is 7.45. The summed E-state index contributed by atoms with van der Waals surface area (Å²) in [6, 6.07) is 0. The highest BCUT2D eigenvalue weighted by Gasteiger charge is 2.26. The second kappa shape index (κ2) is 7.40. The van der Waals surface area contributed by atoms with E-state index in [4.69, 9.17) is 0 Å². The third kappa shape index (κ3) is 10.2. The summed E-state index contributed by atoms with van der Waals surface area (Å²) in [5.41, 5.74) is 0. The Hall–Kier alpha value is 0.100. The molecule has 0 fully saturated rings. The molecule has 1 nitrogen and oxygen atoms in total. The van der Waals surface area contributed by atoms with Crippen molar-refractivity contribution in [3.05, 3.63) is 0 Å². The van der Waals surface area contributed by atoms with Crippen LogP contribution in [-0.2, 0) is 0 Å². The average Bonchev–Trinajstić information content (AvgIpc) is 2.08. The van der Waals surface area contributed by atoms with E-state index in [1.54, 1.807) is 11.9 Å². The van der Waals surface area contributed by atoms with Crippen molar-refractivity contribution in [2.24, 2.45) is 0 Å². The van der Waals surface area contributed by atoms with Gasteiger partial charge in [-0.05, 0) is 32.2 Å². The molecule has 86 valence electrons. The molecule has 0 unspecified atom stereocenters. The van der Waals surface area contributed by atoms with E-state index in [-0.39, 0.29) is 6.54 Å². The lowest BCUT2D eigenvalue weighted by atomic mass is 10.2. The van der Waals surface area contributed by atoms with Crippen molar-refractivity contribution >= 4 is 12.6 Å². The number of alkyl halides is 3. The summed E-state index contributed by atoms with van der Waals surface area (Å²) in [6.45, 7) is 0.842. The first-order valence-corrected chi connectivity index (χ1v) is 5.45. The molecule has 0 aromatic heterocycles. The topological polar surface area (TPSA) is 3.24 Å². The van der Waals surface area contributed by atoms with Crippen LogP contribution in [0.4, 0.5) is 13.2 Å². The van der Waals surface area contributed by atoms with Crippen LogP contribution in [0.1, 0.15) is 25.7 Å². The van der Waals surface area contributed by atoms with Crippen LogP contribution < -0.4 is 0 Å². The van der Waals surface area contributed by atoms with Gasteiger partial charge in [0.15, 0.2) is 0 Å². The van der Waals surface area contributed by atoms with Crippen LogP contribution in [-0.4, -0.2) is 37.0 Å². The molecule has 0 heterocycles. The van der Waals surface area contributed by atoms with E-state index >= 15 is 0 Å². The van der Waals surface area contributed by atoms with Gasteiger partial charge in [0.25, 0.3) is 0 Å². The number of unbranched alkanes of at least 4 members (excludes halogenated alkanes) is 2. The molecule has 0 aliphatic rings. The quantitative estimate of drug-likeness (QED) is 0.519. The fraction of sp³-hybridized carbons (Fsp3) is 1.00. The summed E-state index contributed by atoms with van der Waals surface area (Å²) in [5, 5.41) is 0. The Balaban J connectivity index is 3.32. The van der Waals surface area contributed by atoms with Crippen molar-refractivity contribution in [2.75, 3.05) is 25.9 Å². The van der Waals surface area contributed by atoms with Crippen LogP contribution in [0.5, 0.6) is 0 Å². The van der Waals surface area contributed by atoms with E-state index in [9.17, 15) is 13.2 Å². The molecule has 0 saturated carbocycles. The Morgan fingerprint density at radius 2 is 1.71 bits per heavy atom. The van der Waals surface area contributed by atoms with E-state index in [0.29, 0.717) is 0 Å². The molecule has 14 heavy (non-hydrogen) atoms. The molecule has 0 rings (SSSR count). The van der Waals surface area contributed by atoms with Gasteiger partial charge in [-0.15, -0.1) is 0 Å². The molecule has 0 saturated heterocycles. The summed E-state index contributed by atoms with van der Waals surface area (Å²) in [6.07, 6.45) is -1.71. The lowest BCUT2D eigenvalue weighted by molar-refractivity contribution is -0.137. The van der Waals surface area contributed by atoms with Gasteiger partial charge in [-0.1, -0.05) is 6.42 Å². The largest absolute Gasteiger partial charge is 0.390 e. The van der Waals surface area contributed by atoms with E-state index in [0.717, 1.165) is 31.6 Å². The van der Waals surface area contributed by atoms with Crippen molar-refractivity contribution < 1.29 is 13.2 Å². The average molecular weight is 229 g/mol. The minimum Gasteiger partial charge on any atom is -0.306 e. The first-order chi connectivity index (χ1) is 6.45. The summed E-state index contributed by atoms with van der Waals surface area (Å²) in [5.74, 6) is 0.853. The minimum absolute atomic E-state index is 0.102. The van der Waals surface area contributed by atoms with Crippen LogP contribution >= 0.6 is 12.6 Å². The fourth-order valence-electron chi connectivity index (χ4n) is 1.10. The Bertz CT molecular complexity index is 139. The number of rotatable bonds is 7. The van der Waals surface area contributed by atoms with Crippen LogP contribution in [0.15, 0.2) is 0 Å². The van der Waals surface area contributed by atoms with Gasteiger partial charge in [0.05, 0.1) is 6.42 Å². The summed E-state index contributed by atoms with van der Waals surface area (Å²) < 4.78 is 35.5. The van der Waals surface area contributed by atoms with E-state index in [2.05, 4.69) is 12.6 Å². The Morgan fingerprint density at radius 3 is 2.21 bits per heavy atom. The Morgan fingerprint density at radius 1 is 1.07 bits per heavy atom. The molecule has 0 N–H and O–H groups in total. The molecule has 5 heteroatoms. The molecule has 0 spiro atoms. The zero-order chi connectivity index (χ0) is 11.0. The normalized spacial score (nSPS) is 12.4. The highest BCUT2D eigenvalue weighted by atomic mass is 32.1.